The molecular formula is C12H4Cl4F3N. The van der Waals surface area contributed by atoms with Gasteiger partial charge in [-0.15, -0.1) is 0 Å². The summed E-state index contributed by atoms with van der Waals surface area (Å²) in [6, 6.07) is 4.53. The molecule has 0 atom stereocenters. The average molecular weight is 361 g/mol. The minimum Gasteiger partial charge on any atom is -0.242 e. The molecule has 8 heteroatoms. The molecule has 1 heterocycles. The molecule has 0 spiro atoms. The second kappa shape index (κ2) is 5.60. The molecule has 1 aromatic carbocycles. The lowest BCUT2D eigenvalue weighted by Crippen LogP contribution is -2.08. The fourth-order valence-electron chi connectivity index (χ4n) is 1.49. The van der Waals surface area contributed by atoms with Crippen LogP contribution in [0, 0.1) is 0 Å². The van der Waals surface area contributed by atoms with E-state index in [1.807, 2.05) is 0 Å². The van der Waals surface area contributed by atoms with E-state index < -0.39 is 11.9 Å². The lowest BCUT2D eigenvalue weighted by molar-refractivity contribution is -0.141. The molecule has 0 saturated carbocycles. The van der Waals surface area contributed by atoms with Crippen molar-refractivity contribution >= 4 is 46.4 Å². The highest BCUT2D eigenvalue weighted by atomic mass is 35.5. The normalized spacial score (nSPS) is 11.8. The van der Waals surface area contributed by atoms with Crippen molar-refractivity contribution in [3.63, 3.8) is 0 Å². The summed E-state index contributed by atoms with van der Waals surface area (Å²) in [6.07, 6.45) is -4.58. The van der Waals surface area contributed by atoms with Gasteiger partial charge in [-0.25, -0.2) is 4.98 Å². The van der Waals surface area contributed by atoms with Gasteiger partial charge >= 0.3 is 6.18 Å². The van der Waals surface area contributed by atoms with Crippen molar-refractivity contribution in [3.05, 3.63) is 50.0 Å². The minimum absolute atomic E-state index is 0.0262. The Bertz CT molecular complexity index is 670. The molecule has 2 rings (SSSR count). The monoisotopic (exact) mass is 359 g/mol. The van der Waals surface area contributed by atoms with Gasteiger partial charge in [0.2, 0.25) is 0 Å². The first-order chi connectivity index (χ1) is 9.20. The third-order valence-corrected chi connectivity index (χ3v) is 3.74. The molecular weight excluding hydrogens is 357 g/mol. The number of aromatic nitrogens is 1. The van der Waals surface area contributed by atoms with Crippen LogP contribution in [0.2, 0.25) is 20.1 Å². The fourth-order valence-corrected chi connectivity index (χ4v) is 2.34. The first-order valence-electron chi connectivity index (χ1n) is 5.09. The van der Waals surface area contributed by atoms with E-state index in [4.69, 9.17) is 46.4 Å². The van der Waals surface area contributed by atoms with Crippen LogP contribution in [0.25, 0.3) is 11.3 Å². The second-order valence-corrected chi connectivity index (χ2v) is 5.40. The molecule has 0 saturated heterocycles. The summed E-state index contributed by atoms with van der Waals surface area (Å²) in [6.45, 7) is 0. The van der Waals surface area contributed by atoms with Crippen molar-refractivity contribution in [2.24, 2.45) is 0 Å². The Morgan fingerprint density at radius 3 is 2.00 bits per heavy atom. The Labute approximate surface area is 132 Å². The maximum absolute atomic E-state index is 12.7. The van der Waals surface area contributed by atoms with E-state index in [1.165, 1.54) is 12.1 Å². The zero-order valence-electron chi connectivity index (χ0n) is 9.40. The Hall–Kier alpha value is -0.680. The van der Waals surface area contributed by atoms with Crippen LogP contribution in [-0.2, 0) is 6.18 Å². The van der Waals surface area contributed by atoms with Gasteiger partial charge in [-0.3, -0.25) is 0 Å². The molecule has 0 amide bonds. The highest BCUT2D eigenvalue weighted by Gasteiger charge is 2.33. The standard InChI is InChI=1S/C12H4Cl4F3N/c13-6-1-2-10(12(17,18)19)20-11(6)5-3-8(15)9(16)4-7(5)14/h1-4H. The van der Waals surface area contributed by atoms with Gasteiger partial charge < -0.3 is 0 Å². The van der Waals surface area contributed by atoms with Crippen molar-refractivity contribution in [1.82, 2.24) is 4.98 Å². The lowest BCUT2D eigenvalue weighted by Gasteiger charge is -2.11. The molecule has 0 radical (unpaired) electrons. The van der Waals surface area contributed by atoms with E-state index in [0.29, 0.717) is 0 Å². The lowest BCUT2D eigenvalue weighted by atomic mass is 10.1. The molecule has 1 aromatic heterocycles. The Kier molecular flexibility index (Phi) is 4.40. The van der Waals surface area contributed by atoms with Crippen molar-refractivity contribution in [1.29, 1.82) is 0 Å². The van der Waals surface area contributed by atoms with Crippen LogP contribution in [0.1, 0.15) is 5.69 Å². The molecule has 1 nitrogen and oxygen atoms in total. The molecule has 0 aliphatic rings. The van der Waals surface area contributed by atoms with E-state index in [9.17, 15) is 13.2 Å². The summed E-state index contributed by atoms with van der Waals surface area (Å²) >= 11 is 23.4. The van der Waals surface area contributed by atoms with E-state index in [2.05, 4.69) is 4.98 Å². The topological polar surface area (TPSA) is 12.9 Å². The summed E-state index contributed by atoms with van der Waals surface area (Å²) < 4.78 is 38.0. The Balaban J connectivity index is 2.66. The molecule has 0 aliphatic carbocycles. The summed E-state index contributed by atoms with van der Waals surface area (Å²) in [5.41, 5.74) is -0.999. The molecule has 0 fully saturated rings. The van der Waals surface area contributed by atoms with Gasteiger partial charge in [0, 0.05) is 5.56 Å². The molecule has 2 aromatic rings. The third-order valence-electron chi connectivity index (χ3n) is 2.40. The van der Waals surface area contributed by atoms with Gasteiger partial charge in [-0.05, 0) is 24.3 Å². The number of rotatable bonds is 1. The SMILES string of the molecule is FC(F)(F)c1ccc(Cl)c(-c2cc(Cl)c(Cl)cc2Cl)n1. The van der Waals surface area contributed by atoms with Crippen LogP contribution >= 0.6 is 46.4 Å². The summed E-state index contributed by atoms with van der Waals surface area (Å²) in [4.78, 5) is 3.50. The predicted octanol–water partition coefficient (Wildman–Crippen LogP) is 6.38. The number of benzene rings is 1. The zero-order valence-corrected chi connectivity index (χ0v) is 12.4. The predicted molar refractivity (Wildman–Crippen MR) is 74.7 cm³/mol. The van der Waals surface area contributed by atoms with E-state index >= 15 is 0 Å². The second-order valence-electron chi connectivity index (χ2n) is 3.77. The number of pyridine rings is 1. The van der Waals surface area contributed by atoms with Crippen molar-refractivity contribution in [2.45, 2.75) is 6.18 Å². The summed E-state index contributed by atoms with van der Waals surface area (Å²) in [7, 11) is 0. The molecule has 0 unspecified atom stereocenters. The molecule has 20 heavy (non-hydrogen) atoms. The highest BCUT2D eigenvalue weighted by molar-refractivity contribution is 6.44. The average Bonchev–Trinajstić information content (AvgIpc) is 2.33. The Morgan fingerprint density at radius 1 is 0.800 bits per heavy atom. The van der Waals surface area contributed by atoms with Crippen LogP contribution in [0.4, 0.5) is 13.2 Å². The van der Waals surface area contributed by atoms with Gasteiger partial charge in [0.15, 0.2) is 0 Å². The zero-order chi connectivity index (χ0) is 15.1. The number of hydrogen-bond donors (Lipinski definition) is 0. The van der Waals surface area contributed by atoms with Crippen LogP contribution in [0.5, 0.6) is 0 Å². The molecule has 0 bridgehead atoms. The van der Waals surface area contributed by atoms with Gasteiger partial charge in [0.1, 0.15) is 5.69 Å². The molecule has 0 N–H and O–H groups in total. The molecule has 106 valence electrons. The first-order valence-corrected chi connectivity index (χ1v) is 6.60. The van der Waals surface area contributed by atoms with Crippen molar-refractivity contribution < 1.29 is 13.2 Å². The number of nitrogens with zero attached hydrogens (tertiary/aromatic N) is 1. The fraction of sp³-hybridized carbons (Fsp3) is 0.0833. The van der Waals surface area contributed by atoms with Crippen LogP contribution in [0.15, 0.2) is 24.3 Å². The quantitative estimate of drug-likeness (QED) is 0.537. The highest BCUT2D eigenvalue weighted by Crippen LogP contribution is 2.39. The number of alkyl halides is 3. The van der Waals surface area contributed by atoms with Crippen LogP contribution in [-0.4, -0.2) is 4.98 Å². The van der Waals surface area contributed by atoms with E-state index in [1.54, 1.807) is 0 Å². The summed E-state index contributed by atoms with van der Waals surface area (Å²) in [5, 5.41) is 0.455. The third kappa shape index (κ3) is 3.14. The Morgan fingerprint density at radius 2 is 1.40 bits per heavy atom. The largest absolute Gasteiger partial charge is 0.433 e. The first kappa shape index (κ1) is 15.7. The maximum atomic E-state index is 12.7. The van der Waals surface area contributed by atoms with Gasteiger partial charge in [0.25, 0.3) is 0 Å². The maximum Gasteiger partial charge on any atom is 0.433 e. The van der Waals surface area contributed by atoms with Crippen molar-refractivity contribution in [3.8, 4) is 11.3 Å². The smallest absolute Gasteiger partial charge is 0.242 e. The van der Waals surface area contributed by atoms with E-state index in [0.717, 1.165) is 12.1 Å². The van der Waals surface area contributed by atoms with Crippen molar-refractivity contribution in [2.75, 3.05) is 0 Å². The summed E-state index contributed by atoms with van der Waals surface area (Å²) in [5.74, 6) is 0. The number of halogens is 7. The van der Waals surface area contributed by atoms with Gasteiger partial charge in [0.05, 0.1) is 25.8 Å². The van der Waals surface area contributed by atoms with Gasteiger partial charge in [-0.1, -0.05) is 46.4 Å². The van der Waals surface area contributed by atoms with Gasteiger partial charge in [-0.2, -0.15) is 13.2 Å². The molecule has 0 aliphatic heterocycles. The van der Waals surface area contributed by atoms with Crippen LogP contribution in [0.3, 0.4) is 0 Å². The number of hydrogen-bond acceptors (Lipinski definition) is 1. The van der Waals surface area contributed by atoms with Crippen LogP contribution < -0.4 is 0 Å². The van der Waals surface area contributed by atoms with E-state index in [-0.39, 0.29) is 31.3 Å². The minimum atomic E-state index is -4.58.